The van der Waals surface area contributed by atoms with Crippen LogP contribution in [0.3, 0.4) is 0 Å². The summed E-state index contributed by atoms with van der Waals surface area (Å²) in [4.78, 5) is 0. The van der Waals surface area contributed by atoms with Gasteiger partial charge in [-0.25, -0.2) is 0 Å². The van der Waals surface area contributed by atoms with Crippen LogP contribution < -0.4 is 10.1 Å². The van der Waals surface area contributed by atoms with Crippen molar-refractivity contribution in [2.45, 2.75) is 31.4 Å². The standard InChI is InChI=1S/C20H22N2O2/c1-23-18-8-3-6-16(12-18)20(13-19-9-4-10-24-19)22-17-7-2-5-15(11-17)14-21/h2-3,5-8,11-12,19-20,22H,4,9-10,13H2,1H3. The minimum Gasteiger partial charge on any atom is -0.497 e. The zero-order chi connectivity index (χ0) is 16.8. The number of ether oxygens (including phenoxy) is 2. The maximum atomic E-state index is 9.10. The van der Waals surface area contributed by atoms with Crippen LogP contribution in [0.15, 0.2) is 48.5 Å². The smallest absolute Gasteiger partial charge is 0.119 e. The molecule has 1 aliphatic rings. The molecule has 2 aromatic carbocycles. The molecule has 0 aliphatic carbocycles. The van der Waals surface area contributed by atoms with Crippen LogP contribution in [0.4, 0.5) is 5.69 Å². The Morgan fingerprint density at radius 2 is 2.17 bits per heavy atom. The molecule has 2 aromatic rings. The van der Waals surface area contributed by atoms with Gasteiger partial charge in [0.1, 0.15) is 5.75 Å². The summed E-state index contributed by atoms with van der Waals surface area (Å²) in [7, 11) is 1.68. The van der Waals surface area contributed by atoms with Crippen molar-refractivity contribution < 1.29 is 9.47 Å². The average molecular weight is 322 g/mol. The lowest BCUT2D eigenvalue weighted by molar-refractivity contribution is 0.0999. The highest BCUT2D eigenvalue weighted by Gasteiger charge is 2.22. The SMILES string of the molecule is COc1cccc(C(CC2CCCO2)Nc2cccc(C#N)c2)c1. The molecule has 2 unspecified atom stereocenters. The van der Waals surface area contributed by atoms with Gasteiger partial charge in [0.15, 0.2) is 0 Å². The minimum atomic E-state index is 0.108. The Bertz CT molecular complexity index is 718. The van der Waals surface area contributed by atoms with E-state index < -0.39 is 0 Å². The number of rotatable bonds is 6. The highest BCUT2D eigenvalue weighted by Crippen LogP contribution is 2.30. The maximum absolute atomic E-state index is 9.10. The number of hydrogen-bond acceptors (Lipinski definition) is 4. The molecule has 1 N–H and O–H groups in total. The van der Waals surface area contributed by atoms with Gasteiger partial charge in [-0.15, -0.1) is 0 Å². The van der Waals surface area contributed by atoms with Crippen molar-refractivity contribution in [3.05, 3.63) is 59.7 Å². The van der Waals surface area contributed by atoms with Gasteiger partial charge in [0.2, 0.25) is 0 Å². The van der Waals surface area contributed by atoms with Crippen LogP contribution in [0, 0.1) is 11.3 Å². The second-order valence-corrected chi connectivity index (χ2v) is 6.04. The number of anilines is 1. The van der Waals surface area contributed by atoms with Crippen LogP contribution in [-0.4, -0.2) is 19.8 Å². The zero-order valence-corrected chi connectivity index (χ0v) is 13.9. The van der Waals surface area contributed by atoms with E-state index in [9.17, 15) is 0 Å². The Morgan fingerprint density at radius 1 is 1.29 bits per heavy atom. The molecule has 3 rings (SSSR count). The van der Waals surface area contributed by atoms with E-state index in [0.29, 0.717) is 5.56 Å². The largest absolute Gasteiger partial charge is 0.497 e. The summed E-state index contributed by atoms with van der Waals surface area (Å²) in [5.74, 6) is 0.845. The lowest BCUT2D eigenvalue weighted by Gasteiger charge is -2.24. The predicted molar refractivity (Wildman–Crippen MR) is 94.1 cm³/mol. The molecule has 0 amide bonds. The number of nitrogens with zero attached hydrogens (tertiary/aromatic N) is 1. The minimum absolute atomic E-state index is 0.108. The molecule has 0 radical (unpaired) electrons. The maximum Gasteiger partial charge on any atom is 0.119 e. The molecular formula is C20H22N2O2. The Kier molecular flexibility index (Phi) is 5.35. The molecule has 0 saturated carbocycles. The molecule has 124 valence electrons. The second kappa shape index (κ2) is 7.85. The first kappa shape index (κ1) is 16.4. The Labute approximate surface area is 143 Å². The average Bonchev–Trinajstić information content (AvgIpc) is 3.14. The monoisotopic (exact) mass is 322 g/mol. The van der Waals surface area contributed by atoms with E-state index in [-0.39, 0.29) is 12.1 Å². The first-order valence-electron chi connectivity index (χ1n) is 8.31. The third-order valence-electron chi connectivity index (χ3n) is 4.35. The van der Waals surface area contributed by atoms with Crippen LogP contribution >= 0.6 is 0 Å². The van der Waals surface area contributed by atoms with Gasteiger partial charge >= 0.3 is 0 Å². The van der Waals surface area contributed by atoms with Gasteiger partial charge in [-0.05, 0) is 55.2 Å². The molecule has 0 spiro atoms. The lowest BCUT2D eigenvalue weighted by atomic mass is 9.98. The molecule has 0 bridgehead atoms. The normalized spacial score (nSPS) is 17.9. The molecule has 1 heterocycles. The van der Waals surface area contributed by atoms with Crippen molar-refractivity contribution in [2.75, 3.05) is 19.0 Å². The van der Waals surface area contributed by atoms with E-state index in [4.69, 9.17) is 14.7 Å². The van der Waals surface area contributed by atoms with Crippen molar-refractivity contribution >= 4 is 5.69 Å². The number of nitriles is 1. The topological polar surface area (TPSA) is 54.3 Å². The van der Waals surface area contributed by atoms with E-state index in [1.807, 2.05) is 36.4 Å². The van der Waals surface area contributed by atoms with Crippen molar-refractivity contribution in [3.8, 4) is 11.8 Å². The van der Waals surface area contributed by atoms with Crippen molar-refractivity contribution in [2.24, 2.45) is 0 Å². The van der Waals surface area contributed by atoms with Gasteiger partial charge in [0.05, 0.1) is 30.9 Å². The summed E-state index contributed by atoms with van der Waals surface area (Å²) in [6.07, 6.45) is 3.39. The van der Waals surface area contributed by atoms with Crippen LogP contribution in [0.2, 0.25) is 0 Å². The van der Waals surface area contributed by atoms with Gasteiger partial charge < -0.3 is 14.8 Å². The van der Waals surface area contributed by atoms with Crippen LogP contribution in [0.1, 0.15) is 36.4 Å². The summed E-state index contributed by atoms with van der Waals surface area (Å²) in [6, 6.07) is 18.0. The third kappa shape index (κ3) is 4.06. The van der Waals surface area contributed by atoms with E-state index in [2.05, 4.69) is 23.5 Å². The molecule has 1 aliphatic heterocycles. The van der Waals surface area contributed by atoms with E-state index in [1.165, 1.54) is 0 Å². The number of benzene rings is 2. The van der Waals surface area contributed by atoms with Gasteiger partial charge in [-0.2, -0.15) is 5.26 Å². The summed E-state index contributed by atoms with van der Waals surface area (Å²) >= 11 is 0. The zero-order valence-electron chi connectivity index (χ0n) is 13.9. The van der Waals surface area contributed by atoms with E-state index in [0.717, 1.165) is 42.9 Å². The molecule has 24 heavy (non-hydrogen) atoms. The quantitative estimate of drug-likeness (QED) is 0.862. The highest BCUT2D eigenvalue weighted by atomic mass is 16.5. The van der Waals surface area contributed by atoms with Gasteiger partial charge in [0, 0.05) is 12.3 Å². The Balaban J connectivity index is 1.84. The Morgan fingerprint density at radius 3 is 2.92 bits per heavy atom. The fraction of sp³-hybridized carbons (Fsp3) is 0.350. The first-order chi connectivity index (χ1) is 11.8. The second-order valence-electron chi connectivity index (χ2n) is 6.04. The molecule has 0 aromatic heterocycles. The van der Waals surface area contributed by atoms with Crippen molar-refractivity contribution in [1.82, 2.24) is 0 Å². The summed E-state index contributed by atoms with van der Waals surface area (Å²) in [5.41, 5.74) is 2.76. The van der Waals surface area contributed by atoms with Crippen LogP contribution in [-0.2, 0) is 4.74 Å². The highest BCUT2D eigenvalue weighted by molar-refractivity contribution is 5.51. The van der Waals surface area contributed by atoms with E-state index >= 15 is 0 Å². The summed E-state index contributed by atoms with van der Waals surface area (Å²) < 4.78 is 11.2. The third-order valence-corrected chi connectivity index (χ3v) is 4.35. The molecular weight excluding hydrogens is 300 g/mol. The van der Waals surface area contributed by atoms with E-state index in [1.54, 1.807) is 7.11 Å². The number of hydrogen-bond donors (Lipinski definition) is 1. The lowest BCUT2D eigenvalue weighted by Crippen LogP contribution is -2.18. The fourth-order valence-corrected chi connectivity index (χ4v) is 3.11. The molecule has 4 heteroatoms. The van der Waals surface area contributed by atoms with Crippen LogP contribution in [0.25, 0.3) is 0 Å². The number of methoxy groups -OCH3 is 1. The van der Waals surface area contributed by atoms with Gasteiger partial charge in [0.25, 0.3) is 0 Å². The van der Waals surface area contributed by atoms with Gasteiger partial charge in [-0.3, -0.25) is 0 Å². The summed E-state index contributed by atoms with van der Waals surface area (Å²) in [5, 5.41) is 12.7. The predicted octanol–water partition coefficient (Wildman–Crippen LogP) is 4.29. The van der Waals surface area contributed by atoms with Crippen molar-refractivity contribution in [1.29, 1.82) is 5.26 Å². The molecule has 2 atom stereocenters. The van der Waals surface area contributed by atoms with Crippen LogP contribution in [0.5, 0.6) is 5.75 Å². The van der Waals surface area contributed by atoms with Crippen molar-refractivity contribution in [3.63, 3.8) is 0 Å². The number of nitrogens with one attached hydrogen (secondary N) is 1. The fourth-order valence-electron chi connectivity index (χ4n) is 3.11. The molecule has 1 saturated heterocycles. The molecule has 4 nitrogen and oxygen atoms in total. The first-order valence-corrected chi connectivity index (χ1v) is 8.31. The molecule has 1 fully saturated rings. The Hall–Kier alpha value is -2.51. The van der Waals surface area contributed by atoms with Gasteiger partial charge in [-0.1, -0.05) is 18.2 Å². The summed E-state index contributed by atoms with van der Waals surface area (Å²) in [6.45, 7) is 0.847.